The van der Waals surface area contributed by atoms with Crippen LogP contribution >= 0.6 is 11.6 Å². The van der Waals surface area contributed by atoms with Crippen LogP contribution in [0.1, 0.15) is 5.56 Å². The first kappa shape index (κ1) is 10.7. The number of halogens is 1. The fraction of sp³-hybridized carbons (Fsp3) is 0.545. The molecule has 0 atom stereocenters. The molecule has 0 spiro atoms. The Morgan fingerprint density at radius 3 is 2.73 bits per heavy atom. The van der Waals surface area contributed by atoms with Crippen molar-refractivity contribution < 1.29 is 0 Å². The Kier molecular flexibility index (Phi) is 3.44. The molecule has 0 unspecified atom stereocenters. The molecular formula is C11H16ClN3. The van der Waals surface area contributed by atoms with Crippen molar-refractivity contribution in [3.05, 3.63) is 24.0 Å². The molecule has 0 aromatic carbocycles. The summed E-state index contributed by atoms with van der Waals surface area (Å²) >= 11 is 5.90. The van der Waals surface area contributed by atoms with E-state index in [1.54, 1.807) is 0 Å². The topological polar surface area (TPSA) is 19.4 Å². The van der Waals surface area contributed by atoms with Gasteiger partial charge in [0.05, 0.1) is 5.88 Å². The number of likely N-dealkylation sites (N-methyl/N-ethyl adjacent to an activating group) is 1. The van der Waals surface area contributed by atoms with E-state index in [2.05, 4.69) is 27.9 Å². The fourth-order valence-electron chi connectivity index (χ4n) is 1.88. The average Bonchev–Trinajstić information content (AvgIpc) is 2.30. The van der Waals surface area contributed by atoms with E-state index >= 15 is 0 Å². The molecule has 0 N–H and O–H groups in total. The van der Waals surface area contributed by atoms with Crippen LogP contribution in [0.3, 0.4) is 0 Å². The summed E-state index contributed by atoms with van der Waals surface area (Å²) in [6.07, 6.45) is 3.70. The first-order chi connectivity index (χ1) is 7.31. The SMILES string of the molecule is CN1CCN(c2ccncc2CCl)CC1. The summed E-state index contributed by atoms with van der Waals surface area (Å²) in [6.45, 7) is 4.38. The second-order valence-electron chi connectivity index (χ2n) is 3.93. The third-order valence-electron chi connectivity index (χ3n) is 2.87. The van der Waals surface area contributed by atoms with Gasteiger partial charge in [0.15, 0.2) is 0 Å². The van der Waals surface area contributed by atoms with Crippen molar-refractivity contribution in [1.82, 2.24) is 9.88 Å². The van der Waals surface area contributed by atoms with Crippen LogP contribution in [0.15, 0.2) is 18.5 Å². The van der Waals surface area contributed by atoms with Crippen LogP contribution in [-0.4, -0.2) is 43.1 Å². The Balaban J connectivity index is 2.15. The monoisotopic (exact) mass is 225 g/mol. The van der Waals surface area contributed by atoms with Gasteiger partial charge in [-0.05, 0) is 13.1 Å². The van der Waals surface area contributed by atoms with E-state index in [0.717, 1.165) is 31.7 Å². The Morgan fingerprint density at radius 1 is 1.33 bits per heavy atom. The van der Waals surface area contributed by atoms with Gasteiger partial charge >= 0.3 is 0 Å². The maximum atomic E-state index is 5.90. The van der Waals surface area contributed by atoms with Crippen LogP contribution in [-0.2, 0) is 5.88 Å². The smallest absolute Gasteiger partial charge is 0.0509 e. The summed E-state index contributed by atoms with van der Waals surface area (Å²) in [4.78, 5) is 8.84. The molecule has 0 saturated carbocycles. The molecule has 4 heteroatoms. The zero-order valence-corrected chi connectivity index (χ0v) is 9.74. The molecule has 1 aromatic rings. The highest BCUT2D eigenvalue weighted by molar-refractivity contribution is 6.17. The summed E-state index contributed by atoms with van der Waals surface area (Å²) in [7, 11) is 2.16. The van der Waals surface area contributed by atoms with E-state index in [9.17, 15) is 0 Å². The van der Waals surface area contributed by atoms with E-state index in [1.165, 1.54) is 5.69 Å². The number of nitrogens with zero attached hydrogens (tertiary/aromatic N) is 3. The number of rotatable bonds is 2. The van der Waals surface area contributed by atoms with E-state index in [1.807, 2.05) is 12.4 Å². The molecule has 1 aromatic heterocycles. The summed E-state index contributed by atoms with van der Waals surface area (Å²) < 4.78 is 0. The maximum absolute atomic E-state index is 5.90. The van der Waals surface area contributed by atoms with Crippen molar-refractivity contribution in [1.29, 1.82) is 0 Å². The maximum Gasteiger partial charge on any atom is 0.0509 e. The zero-order chi connectivity index (χ0) is 10.7. The normalized spacial score (nSPS) is 18.1. The third kappa shape index (κ3) is 2.41. The molecule has 0 radical (unpaired) electrons. The molecule has 2 heterocycles. The summed E-state index contributed by atoms with van der Waals surface area (Å²) in [5.74, 6) is 0.537. The first-order valence-corrected chi connectivity index (χ1v) is 5.77. The molecule has 0 bridgehead atoms. The van der Waals surface area contributed by atoms with Crippen molar-refractivity contribution in [3.8, 4) is 0 Å². The minimum Gasteiger partial charge on any atom is -0.369 e. The number of pyridine rings is 1. The largest absolute Gasteiger partial charge is 0.369 e. The van der Waals surface area contributed by atoms with Gasteiger partial charge in [-0.2, -0.15) is 0 Å². The van der Waals surface area contributed by atoms with E-state index in [4.69, 9.17) is 11.6 Å². The summed E-state index contributed by atoms with van der Waals surface area (Å²) in [5.41, 5.74) is 2.37. The van der Waals surface area contributed by atoms with Gasteiger partial charge in [-0.3, -0.25) is 4.98 Å². The van der Waals surface area contributed by atoms with Crippen LogP contribution in [0, 0.1) is 0 Å². The first-order valence-electron chi connectivity index (χ1n) is 5.23. The Hall–Kier alpha value is -0.800. The molecule has 82 valence electrons. The molecule has 3 nitrogen and oxygen atoms in total. The highest BCUT2D eigenvalue weighted by Crippen LogP contribution is 2.21. The van der Waals surface area contributed by atoms with Crippen LogP contribution in [0.4, 0.5) is 5.69 Å². The standard InChI is InChI=1S/C11H16ClN3/c1-14-4-6-15(7-5-14)11-2-3-13-9-10(11)8-12/h2-3,9H,4-8H2,1H3. The molecule has 1 fully saturated rings. The lowest BCUT2D eigenvalue weighted by atomic mass is 10.2. The van der Waals surface area contributed by atoms with Gasteiger partial charge < -0.3 is 9.80 Å². The van der Waals surface area contributed by atoms with Crippen LogP contribution in [0.2, 0.25) is 0 Å². The number of aromatic nitrogens is 1. The number of alkyl halides is 1. The molecule has 0 amide bonds. The second kappa shape index (κ2) is 4.81. The average molecular weight is 226 g/mol. The molecule has 15 heavy (non-hydrogen) atoms. The fourth-order valence-corrected chi connectivity index (χ4v) is 2.08. The Labute approximate surface area is 95.7 Å². The minimum atomic E-state index is 0.537. The van der Waals surface area contributed by atoms with Crippen molar-refractivity contribution in [2.75, 3.05) is 38.1 Å². The zero-order valence-electron chi connectivity index (χ0n) is 8.99. The lowest BCUT2D eigenvalue weighted by Crippen LogP contribution is -2.44. The van der Waals surface area contributed by atoms with Gasteiger partial charge in [-0.25, -0.2) is 0 Å². The van der Waals surface area contributed by atoms with Crippen LogP contribution in [0.5, 0.6) is 0 Å². The predicted molar refractivity (Wildman–Crippen MR) is 63.5 cm³/mol. The second-order valence-corrected chi connectivity index (χ2v) is 4.20. The van der Waals surface area contributed by atoms with Gasteiger partial charge in [0.2, 0.25) is 0 Å². The highest BCUT2D eigenvalue weighted by atomic mass is 35.5. The van der Waals surface area contributed by atoms with Gasteiger partial charge in [0, 0.05) is 49.8 Å². The van der Waals surface area contributed by atoms with Gasteiger partial charge in [-0.1, -0.05) is 0 Å². The lowest BCUT2D eigenvalue weighted by Gasteiger charge is -2.34. The number of hydrogen-bond donors (Lipinski definition) is 0. The van der Waals surface area contributed by atoms with Crippen LogP contribution in [0.25, 0.3) is 0 Å². The number of piperazine rings is 1. The summed E-state index contributed by atoms with van der Waals surface area (Å²) in [5, 5.41) is 0. The summed E-state index contributed by atoms with van der Waals surface area (Å²) in [6, 6.07) is 2.06. The lowest BCUT2D eigenvalue weighted by molar-refractivity contribution is 0.312. The Bertz CT molecular complexity index is 321. The molecule has 2 rings (SSSR count). The molecular weight excluding hydrogens is 210 g/mol. The van der Waals surface area contributed by atoms with Crippen molar-refractivity contribution in [3.63, 3.8) is 0 Å². The van der Waals surface area contributed by atoms with E-state index < -0.39 is 0 Å². The third-order valence-corrected chi connectivity index (χ3v) is 3.15. The van der Waals surface area contributed by atoms with E-state index in [0.29, 0.717) is 5.88 Å². The van der Waals surface area contributed by atoms with Gasteiger partial charge in [0.1, 0.15) is 0 Å². The van der Waals surface area contributed by atoms with Crippen molar-refractivity contribution in [2.24, 2.45) is 0 Å². The molecule has 0 aliphatic carbocycles. The molecule has 1 aliphatic rings. The molecule has 1 saturated heterocycles. The quantitative estimate of drug-likeness (QED) is 0.713. The van der Waals surface area contributed by atoms with Crippen molar-refractivity contribution >= 4 is 17.3 Å². The highest BCUT2D eigenvalue weighted by Gasteiger charge is 2.16. The Morgan fingerprint density at radius 2 is 2.07 bits per heavy atom. The minimum absolute atomic E-state index is 0.537. The predicted octanol–water partition coefficient (Wildman–Crippen LogP) is 1.57. The van der Waals surface area contributed by atoms with Crippen LogP contribution < -0.4 is 4.90 Å². The van der Waals surface area contributed by atoms with Gasteiger partial charge in [-0.15, -0.1) is 11.6 Å². The molecule has 1 aliphatic heterocycles. The van der Waals surface area contributed by atoms with Gasteiger partial charge in [0.25, 0.3) is 0 Å². The number of anilines is 1. The van der Waals surface area contributed by atoms with E-state index in [-0.39, 0.29) is 0 Å². The number of hydrogen-bond acceptors (Lipinski definition) is 3. The van der Waals surface area contributed by atoms with Crippen molar-refractivity contribution in [2.45, 2.75) is 5.88 Å².